The number of amides is 2. The molecule has 1 aromatic rings. The fourth-order valence-electron chi connectivity index (χ4n) is 4.76. The van der Waals surface area contributed by atoms with E-state index in [4.69, 9.17) is 10.8 Å². The van der Waals surface area contributed by atoms with Gasteiger partial charge in [-0.1, -0.05) is 38.7 Å². The second-order valence-electron chi connectivity index (χ2n) is 10.3. The number of hydrogen-bond donors (Lipinski definition) is 3. The van der Waals surface area contributed by atoms with Crippen LogP contribution < -0.4 is 5.32 Å². The summed E-state index contributed by atoms with van der Waals surface area (Å²) in [5.41, 5.74) is 2.41. The molecule has 1 aromatic carbocycles. The zero-order valence-electron chi connectivity index (χ0n) is 22.6. The molecule has 2 aliphatic heterocycles. The van der Waals surface area contributed by atoms with Gasteiger partial charge in [-0.25, -0.2) is 4.39 Å². The molecule has 0 unspecified atom stereocenters. The van der Waals surface area contributed by atoms with Gasteiger partial charge in [-0.3, -0.25) is 20.4 Å². The van der Waals surface area contributed by atoms with Crippen LogP contribution in [0.2, 0.25) is 0 Å². The third-order valence-corrected chi connectivity index (χ3v) is 6.87. The van der Waals surface area contributed by atoms with Crippen LogP contribution in [0.4, 0.5) is 4.39 Å². The number of nitrogens with one attached hydrogen (secondary N) is 3. The number of nitrogens with zero attached hydrogens (tertiary/aromatic N) is 2. The molecule has 0 spiro atoms. The molecule has 3 N–H and O–H groups in total. The monoisotopic (exact) mass is 523 g/mol. The Kier molecular flexibility index (Phi) is 9.55. The molecule has 0 aliphatic carbocycles. The van der Waals surface area contributed by atoms with Gasteiger partial charge in [0.1, 0.15) is 17.5 Å². The molecule has 0 saturated carbocycles. The predicted molar refractivity (Wildman–Crippen MR) is 154 cm³/mol. The average Bonchev–Trinajstić information content (AvgIpc) is 3.30. The van der Waals surface area contributed by atoms with Crippen LogP contribution in [-0.4, -0.2) is 46.4 Å². The largest absolute Gasteiger partial charge is 0.338 e. The Labute approximate surface area is 227 Å². The first kappa shape index (κ1) is 28.8. The molecule has 3 rings (SSSR count). The van der Waals surface area contributed by atoms with Crippen LogP contribution in [0.15, 0.2) is 60.9 Å². The molecule has 1 atom stereocenters. The zero-order valence-corrected chi connectivity index (χ0v) is 22.6. The molecule has 2 aliphatic rings. The van der Waals surface area contributed by atoms with Gasteiger partial charge in [0, 0.05) is 34.6 Å². The van der Waals surface area contributed by atoms with E-state index in [1.54, 1.807) is 41.0 Å². The number of fused-ring (bicyclic) bond motifs is 1. The first-order valence-corrected chi connectivity index (χ1v) is 13.0. The molecular formula is C30H42FN5O2. The normalized spacial score (nSPS) is 16.6. The van der Waals surface area contributed by atoms with Crippen LogP contribution >= 0.6 is 0 Å². The van der Waals surface area contributed by atoms with Gasteiger partial charge in [-0.15, -0.1) is 6.58 Å². The van der Waals surface area contributed by atoms with E-state index in [9.17, 15) is 14.0 Å². The highest BCUT2D eigenvalue weighted by Crippen LogP contribution is 2.26. The summed E-state index contributed by atoms with van der Waals surface area (Å²) in [4.78, 5) is 29.3. The predicted octanol–water partition coefficient (Wildman–Crippen LogP) is 5.85. The van der Waals surface area contributed by atoms with Crippen molar-refractivity contribution in [2.75, 3.05) is 13.1 Å². The Bertz CT molecular complexity index is 1220. The number of allylic oxidation sites excluding steroid dienone is 3. The van der Waals surface area contributed by atoms with Crippen molar-refractivity contribution in [3.8, 4) is 0 Å². The van der Waals surface area contributed by atoms with Crippen molar-refractivity contribution in [3.05, 3.63) is 83.4 Å². The third-order valence-electron chi connectivity index (χ3n) is 6.87. The van der Waals surface area contributed by atoms with Crippen LogP contribution in [0.25, 0.3) is 0 Å². The van der Waals surface area contributed by atoms with E-state index in [1.807, 2.05) is 0 Å². The molecule has 0 bridgehead atoms. The number of carbonyl (C=O) groups excluding carboxylic acids is 2. The van der Waals surface area contributed by atoms with E-state index < -0.39 is 11.7 Å². The fraction of sp³-hybridized carbons (Fsp3) is 0.400. The lowest BCUT2D eigenvalue weighted by molar-refractivity contribution is -0.135. The minimum Gasteiger partial charge on any atom is -0.338 e. The van der Waals surface area contributed by atoms with E-state index in [1.165, 1.54) is 12.1 Å². The van der Waals surface area contributed by atoms with Gasteiger partial charge < -0.3 is 15.1 Å². The van der Waals surface area contributed by atoms with Gasteiger partial charge >= 0.3 is 0 Å². The van der Waals surface area contributed by atoms with Crippen molar-refractivity contribution in [2.45, 2.75) is 53.0 Å². The highest BCUT2D eigenvalue weighted by molar-refractivity contribution is 6.07. The second kappa shape index (κ2) is 12.6. The molecule has 0 aromatic heterocycles. The Morgan fingerprint density at radius 3 is 2.61 bits per heavy atom. The number of benzene rings is 1. The molecular weight excluding hydrogens is 481 g/mol. The van der Waals surface area contributed by atoms with Crippen molar-refractivity contribution in [1.82, 2.24) is 15.1 Å². The van der Waals surface area contributed by atoms with Gasteiger partial charge in [-0.2, -0.15) is 0 Å². The maximum absolute atomic E-state index is 14.8. The van der Waals surface area contributed by atoms with Crippen LogP contribution in [0.5, 0.6) is 0 Å². The highest BCUT2D eigenvalue weighted by atomic mass is 19.1. The zero-order chi connectivity index (χ0) is 28.0. The van der Waals surface area contributed by atoms with Crippen molar-refractivity contribution in [2.24, 2.45) is 11.8 Å². The molecule has 2 amide bonds. The molecule has 0 radical (unpaired) electrons. The van der Waals surface area contributed by atoms with Gasteiger partial charge in [0.25, 0.3) is 5.91 Å². The lowest BCUT2D eigenvalue weighted by Crippen LogP contribution is -2.40. The summed E-state index contributed by atoms with van der Waals surface area (Å²) in [5.74, 6) is -0.412. The maximum atomic E-state index is 14.8. The minimum atomic E-state index is -0.619. The van der Waals surface area contributed by atoms with Gasteiger partial charge in [0.2, 0.25) is 5.91 Å². The van der Waals surface area contributed by atoms with Crippen LogP contribution in [0.1, 0.15) is 64.4 Å². The first-order valence-electron chi connectivity index (χ1n) is 13.0. The molecule has 38 heavy (non-hydrogen) atoms. The number of halogens is 1. The lowest BCUT2D eigenvalue weighted by Gasteiger charge is -2.32. The van der Waals surface area contributed by atoms with E-state index in [-0.39, 0.29) is 31.8 Å². The molecule has 7 nitrogen and oxygen atoms in total. The van der Waals surface area contributed by atoms with Gasteiger partial charge in [0.15, 0.2) is 0 Å². The summed E-state index contributed by atoms with van der Waals surface area (Å²) in [7, 11) is 0. The Hall–Kier alpha value is -3.81. The molecule has 206 valence electrons. The minimum absolute atomic E-state index is 0. The topological polar surface area (TPSA) is 100 Å². The van der Waals surface area contributed by atoms with Crippen LogP contribution in [-0.2, 0) is 17.8 Å². The first-order chi connectivity index (χ1) is 18.0. The number of likely N-dealkylation sites (tertiary alicyclic amines) is 1. The number of hydrogen-bond acceptors (Lipinski definition) is 4. The second-order valence-corrected chi connectivity index (χ2v) is 10.3. The van der Waals surface area contributed by atoms with Crippen molar-refractivity contribution >= 4 is 23.5 Å². The van der Waals surface area contributed by atoms with E-state index in [2.05, 4.69) is 32.3 Å². The lowest BCUT2D eigenvalue weighted by atomic mass is 9.92. The van der Waals surface area contributed by atoms with E-state index >= 15 is 0 Å². The number of carbonyl (C=O) groups is 2. The fourth-order valence-corrected chi connectivity index (χ4v) is 4.76. The van der Waals surface area contributed by atoms with Crippen LogP contribution in [0.3, 0.4) is 0 Å². The van der Waals surface area contributed by atoms with Crippen molar-refractivity contribution < 1.29 is 16.8 Å². The van der Waals surface area contributed by atoms with Crippen LogP contribution in [0, 0.1) is 28.5 Å². The van der Waals surface area contributed by atoms with E-state index in [0.717, 1.165) is 24.0 Å². The van der Waals surface area contributed by atoms with Gasteiger partial charge in [-0.05, 0) is 67.0 Å². The average molecular weight is 524 g/mol. The Balaban J connectivity index is 0.00000400. The standard InChI is InChI=1S/C30H38FN5O2.2H2/c1-6-22(15-19(2)3)30(38)35-14-12-23-17-26(31)25(16-24(23)18-35)29(37)34-21(5)10-7-9-20(4)28(33)36-13-8-11-27(36)32;;/h6-7,9-10,16-17,19,22,32-33H,1,5,8,11-15,18H2,2-4H3,(H,34,37);2*1H/b10-7-,20-9+,32-27?,33-28?;;/t22-;;/m0../s1. The Morgan fingerprint density at radius 2 is 1.97 bits per heavy atom. The number of rotatable bonds is 9. The Morgan fingerprint density at radius 1 is 1.24 bits per heavy atom. The molecule has 1 fully saturated rings. The van der Waals surface area contributed by atoms with Crippen molar-refractivity contribution in [3.63, 3.8) is 0 Å². The summed E-state index contributed by atoms with van der Waals surface area (Å²) >= 11 is 0. The smallest absolute Gasteiger partial charge is 0.258 e. The van der Waals surface area contributed by atoms with Gasteiger partial charge in [0.05, 0.1) is 11.5 Å². The third kappa shape index (κ3) is 6.94. The maximum Gasteiger partial charge on any atom is 0.258 e. The highest BCUT2D eigenvalue weighted by Gasteiger charge is 2.28. The summed E-state index contributed by atoms with van der Waals surface area (Å²) in [5, 5.41) is 18.8. The molecule has 2 heterocycles. The summed E-state index contributed by atoms with van der Waals surface area (Å²) in [6.45, 7) is 15.1. The SMILES string of the molecule is C=C[C@@H](CC(C)C)C(=O)N1CCc2cc(F)c(C(=O)NC(=C)/C=C\C=C(/C)C(=N)N3CCCC3=N)cc2C1.[HH].[HH]. The van der Waals surface area contributed by atoms with Crippen molar-refractivity contribution in [1.29, 1.82) is 10.8 Å². The van der Waals surface area contributed by atoms with E-state index in [0.29, 0.717) is 49.8 Å². The summed E-state index contributed by atoms with van der Waals surface area (Å²) < 4.78 is 14.8. The molecule has 8 heteroatoms. The summed E-state index contributed by atoms with van der Waals surface area (Å²) in [6.07, 6.45) is 9.43. The quantitative estimate of drug-likeness (QED) is 0.164. The summed E-state index contributed by atoms with van der Waals surface area (Å²) in [6, 6.07) is 2.91. The number of amidine groups is 2. The molecule has 1 saturated heterocycles.